The van der Waals surface area contributed by atoms with Crippen molar-refractivity contribution in [3.05, 3.63) is 53.8 Å². The molecule has 2 N–H and O–H groups in total. The van der Waals surface area contributed by atoms with Gasteiger partial charge in [0, 0.05) is 11.4 Å². The van der Waals surface area contributed by atoms with E-state index >= 15 is 0 Å². The molecule has 0 aliphatic heterocycles. The van der Waals surface area contributed by atoms with Gasteiger partial charge in [-0.05, 0) is 48.9 Å². The highest BCUT2D eigenvalue weighted by molar-refractivity contribution is 5.93. The summed E-state index contributed by atoms with van der Waals surface area (Å²) in [5, 5.41) is 5.30. The molecule has 2 aromatic carbocycles. The van der Waals surface area contributed by atoms with Crippen LogP contribution in [0.4, 0.5) is 28.9 Å². The van der Waals surface area contributed by atoms with Crippen LogP contribution < -0.4 is 15.4 Å². The summed E-state index contributed by atoms with van der Waals surface area (Å²) in [6.07, 6.45) is -4.77. The minimum atomic E-state index is -4.77. The normalized spacial score (nSPS) is 11.0. The van der Waals surface area contributed by atoms with Gasteiger partial charge in [-0.15, -0.1) is 13.2 Å². The number of hydrogen-bond acceptors (Lipinski definition) is 3. The van der Waals surface area contributed by atoms with Crippen LogP contribution in [0.2, 0.25) is 0 Å². The zero-order chi connectivity index (χ0) is 17.7. The number of carbonyl (C=O) groups excluding carboxylic acids is 1. The molecule has 0 radical (unpaired) electrons. The molecule has 2 aromatic rings. The molecular formula is C16H14F4N2O2. The summed E-state index contributed by atoms with van der Waals surface area (Å²) in [5.41, 5.74) is 1.57. The number of amides is 1. The smallest absolute Gasteiger partial charge is 0.406 e. The maximum atomic E-state index is 13.1. The molecule has 8 heteroatoms. The first-order valence-corrected chi connectivity index (χ1v) is 6.88. The molecule has 0 heterocycles. The van der Waals surface area contributed by atoms with E-state index in [-0.39, 0.29) is 12.3 Å². The van der Waals surface area contributed by atoms with Crippen molar-refractivity contribution in [3.63, 3.8) is 0 Å². The third kappa shape index (κ3) is 5.45. The Balaban J connectivity index is 1.89. The third-order valence-electron chi connectivity index (χ3n) is 3.01. The lowest BCUT2D eigenvalue weighted by atomic mass is 10.2. The fourth-order valence-electron chi connectivity index (χ4n) is 1.91. The van der Waals surface area contributed by atoms with E-state index in [2.05, 4.69) is 15.4 Å². The lowest BCUT2D eigenvalue weighted by Gasteiger charge is -2.11. The molecule has 128 valence electrons. The molecule has 0 atom stereocenters. The average molecular weight is 342 g/mol. The van der Waals surface area contributed by atoms with Gasteiger partial charge in [0.15, 0.2) is 0 Å². The van der Waals surface area contributed by atoms with Gasteiger partial charge in [-0.1, -0.05) is 6.07 Å². The summed E-state index contributed by atoms with van der Waals surface area (Å²) in [6.45, 7) is 1.64. The van der Waals surface area contributed by atoms with Gasteiger partial charge in [-0.3, -0.25) is 4.79 Å². The van der Waals surface area contributed by atoms with Crippen LogP contribution in [0, 0.1) is 12.7 Å². The van der Waals surface area contributed by atoms with Crippen molar-refractivity contribution in [2.45, 2.75) is 13.3 Å². The van der Waals surface area contributed by atoms with Gasteiger partial charge in [0.1, 0.15) is 11.6 Å². The second-order valence-electron chi connectivity index (χ2n) is 4.93. The van der Waals surface area contributed by atoms with Crippen LogP contribution in [0.5, 0.6) is 5.75 Å². The number of nitrogens with one attached hydrogen (secondary N) is 2. The van der Waals surface area contributed by atoms with Gasteiger partial charge in [0.2, 0.25) is 5.91 Å². The summed E-state index contributed by atoms with van der Waals surface area (Å²) < 4.78 is 53.0. The van der Waals surface area contributed by atoms with Crippen LogP contribution in [0.1, 0.15) is 5.56 Å². The Labute approximate surface area is 135 Å². The minimum absolute atomic E-state index is 0.120. The van der Waals surface area contributed by atoms with Crippen LogP contribution in [-0.2, 0) is 4.79 Å². The Morgan fingerprint density at radius 1 is 1.12 bits per heavy atom. The molecule has 0 saturated heterocycles. The van der Waals surface area contributed by atoms with Crippen molar-refractivity contribution >= 4 is 17.3 Å². The summed E-state index contributed by atoms with van der Waals surface area (Å²) in [6, 6.07) is 8.91. The van der Waals surface area contributed by atoms with Crippen molar-refractivity contribution in [1.82, 2.24) is 0 Å². The van der Waals surface area contributed by atoms with E-state index in [1.54, 1.807) is 13.0 Å². The first-order chi connectivity index (χ1) is 11.2. The number of ether oxygens (including phenoxy) is 1. The number of hydrogen-bond donors (Lipinski definition) is 2. The highest BCUT2D eigenvalue weighted by Crippen LogP contribution is 2.24. The maximum Gasteiger partial charge on any atom is 0.573 e. The highest BCUT2D eigenvalue weighted by atomic mass is 19.4. The summed E-state index contributed by atoms with van der Waals surface area (Å²) in [5.74, 6) is -1.24. The molecule has 0 saturated carbocycles. The molecule has 1 amide bonds. The first-order valence-electron chi connectivity index (χ1n) is 6.88. The van der Waals surface area contributed by atoms with Gasteiger partial charge in [0.05, 0.1) is 6.54 Å². The van der Waals surface area contributed by atoms with E-state index < -0.39 is 18.1 Å². The van der Waals surface area contributed by atoms with E-state index in [1.807, 2.05) is 0 Å². The summed E-state index contributed by atoms with van der Waals surface area (Å²) >= 11 is 0. The molecular weight excluding hydrogens is 328 g/mol. The molecule has 0 spiro atoms. The Kier molecular flexibility index (Phi) is 5.28. The van der Waals surface area contributed by atoms with Crippen LogP contribution in [0.25, 0.3) is 0 Å². The van der Waals surface area contributed by atoms with E-state index in [0.29, 0.717) is 11.4 Å². The molecule has 0 unspecified atom stereocenters. The zero-order valence-corrected chi connectivity index (χ0v) is 12.6. The van der Waals surface area contributed by atoms with E-state index in [0.717, 1.165) is 17.7 Å². The number of alkyl halides is 3. The number of rotatable bonds is 5. The third-order valence-corrected chi connectivity index (χ3v) is 3.01. The van der Waals surface area contributed by atoms with Crippen LogP contribution in [0.15, 0.2) is 42.5 Å². The Morgan fingerprint density at radius 3 is 2.42 bits per heavy atom. The van der Waals surface area contributed by atoms with Crippen molar-refractivity contribution < 1.29 is 27.1 Å². The molecule has 0 aromatic heterocycles. The van der Waals surface area contributed by atoms with Crippen LogP contribution in [0.3, 0.4) is 0 Å². The highest BCUT2D eigenvalue weighted by Gasteiger charge is 2.30. The van der Waals surface area contributed by atoms with Crippen molar-refractivity contribution in [3.8, 4) is 5.75 Å². The number of anilines is 2. The Hall–Kier alpha value is -2.77. The fraction of sp³-hybridized carbons (Fsp3) is 0.188. The SMILES string of the molecule is Cc1ccc(F)cc1NCC(=O)Nc1ccc(OC(F)(F)F)cc1. The van der Waals surface area contributed by atoms with Gasteiger partial charge >= 0.3 is 6.36 Å². The lowest BCUT2D eigenvalue weighted by molar-refractivity contribution is -0.274. The number of halogens is 4. The van der Waals surface area contributed by atoms with E-state index in [4.69, 9.17) is 0 Å². The first kappa shape index (κ1) is 17.6. The molecule has 0 fully saturated rings. The van der Waals surface area contributed by atoms with Crippen LogP contribution in [-0.4, -0.2) is 18.8 Å². The number of carbonyl (C=O) groups is 1. The predicted molar refractivity (Wildman–Crippen MR) is 81.4 cm³/mol. The second kappa shape index (κ2) is 7.20. The summed E-state index contributed by atoms with van der Waals surface area (Å²) in [7, 11) is 0. The number of benzene rings is 2. The molecule has 2 rings (SSSR count). The van der Waals surface area contributed by atoms with E-state index in [1.165, 1.54) is 24.3 Å². The monoisotopic (exact) mass is 342 g/mol. The predicted octanol–water partition coefficient (Wildman–Crippen LogP) is 4.08. The maximum absolute atomic E-state index is 13.1. The minimum Gasteiger partial charge on any atom is -0.406 e. The standard InChI is InChI=1S/C16H14F4N2O2/c1-10-2-3-11(17)8-14(10)21-9-15(23)22-12-4-6-13(7-5-12)24-16(18,19)20/h2-8,21H,9H2,1H3,(H,22,23). The molecule has 24 heavy (non-hydrogen) atoms. The van der Waals surface area contributed by atoms with Gasteiger partial charge in [0.25, 0.3) is 0 Å². The molecule has 0 aliphatic rings. The van der Waals surface area contributed by atoms with Gasteiger partial charge in [-0.2, -0.15) is 0 Å². The van der Waals surface area contributed by atoms with Crippen LogP contribution >= 0.6 is 0 Å². The molecule has 4 nitrogen and oxygen atoms in total. The van der Waals surface area contributed by atoms with Crippen molar-refractivity contribution in [2.24, 2.45) is 0 Å². The van der Waals surface area contributed by atoms with Crippen molar-refractivity contribution in [2.75, 3.05) is 17.2 Å². The van der Waals surface area contributed by atoms with E-state index in [9.17, 15) is 22.4 Å². The fourth-order valence-corrected chi connectivity index (χ4v) is 1.91. The molecule has 0 aliphatic carbocycles. The lowest BCUT2D eigenvalue weighted by Crippen LogP contribution is -2.22. The number of aryl methyl sites for hydroxylation is 1. The summed E-state index contributed by atoms with van der Waals surface area (Å²) in [4.78, 5) is 11.8. The second-order valence-corrected chi connectivity index (χ2v) is 4.93. The Morgan fingerprint density at radius 2 is 1.79 bits per heavy atom. The zero-order valence-electron chi connectivity index (χ0n) is 12.6. The van der Waals surface area contributed by atoms with Gasteiger partial charge < -0.3 is 15.4 Å². The quantitative estimate of drug-likeness (QED) is 0.805. The Bertz CT molecular complexity index is 715. The van der Waals surface area contributed by atoms with Gasteiger partial charge in [-0.25, -0.2) is 4.39 Å². The molecule has 0 bridgehead atoms. The largest absolute Gasteiger partial charge is 0.573 e. The average Bonchev–Trinajstić information content (AvgIpc) is 2.49. The topological polar surface area (TPSA) is 50.4 Å². The van der Waals surface area contributed by atoms with Crippen molar-refractivity contribution in [1.29, 1.82) is 0 Å².